The highest BCUT2D eigenvalue weighted by atomic mass is 19.1. The third-order valence-electron chi connectivity index (χ3n) is 6.28. The molecule has 2 atom stereocenters. The Bertz CT molecular complexity index is 939. The predicted octanol–water partition coefficient (Wildman–Crippen LogP) is 6.65. The first-order valence-corrected chi connectivity index (χ1v) is 11.9. The summed E-state index contributed by atoms with van der Waals surface area (Å²) in [6.07, 6.45) is 0.869. The van der Waals surface area contributed by atoms with Crippen LogP contribution in [0.4, 0.5) is 8.78 Å². The summed E-state index contributed by atoms with van der Waals surface area (Å²) >= 11 is 0. The van der Waals surface area contributed by atoms with Gasteiger partial charge in [-0.05, 0) is 79.1 Å². The summed E-state index contributed by atoms with van der Waals surface area (Å²) in [4.78, 5) is 25.9. The fourth-order valence-electron chi connectivity index (χ4n) is 4.45. The molecule has 0 radical (unpaired) electrons. The van der Waals surface area contributed by atoms with Gasteiger partial charge in [-0.2, -0.15) is 0 Å². The zero-order valence-electron chi connectivity index (χ0n) is 21.0. The van der Waals surface area contributed by atoms with Crippen LogP contribution in [-0.2, 0) is 4.74 Å². The van der Waals surface area contributed by atoms with Crippen molar-refractivity contribution in [1.29, 1.82) is 0 Å². The molecule has 2 aromatic rings. The first kappa shape index (κ1) is 27.5. The molecule has 0 aliphatic heterocycles. The summed E-state index contributed by atoms with van der Waals surface area (Å²) in [6.45, 7) is 12.8. The molecule has 0 heterocycles. The normalized spacial score (nSPS) is 14.2. The predicted molar refractivity (Wildman–Crippen MR) is 131 cm³/mol. The molecule has 186 valence electrons. The van der Waals surface area contributed by atoms with Crippen molar-refractivity contribution in [1.82, 2.24) is 5.32 Å². The Labute approximate surface area is 202 Å². The van der Waals surface area contributed by atoms with E-state index in [1.807, 2.05) is 0 Å². The summed E-state index contributed by atoms with van der Waals surface area (Å²) < 4.78 is 32.7. The molecule has 4 nitrogen and oxygen atoms in total. The number of nitrogens with one attached hydrogen (secondary N) is 1. The van der Waals surface area contributed by atoms with E-state index in [0.29, 0.717) is 18.5 Å². The van der Waals surface area contributed by atoms with Gasteiger partial charge in [-0.15, -0.1) is 0 Å². The Balaban J connectivity index is 2.38. The summed E-state index contributed by atoms with van der Waals surface area (Å²) in [6, 6.07) is 10.7. The van der Waals surface area contributed by atoms with Crippen molar-refractivity contribution in [2.45, 2.75) is 60.5 Å². The molecule has 0 aromatic heterocycles. The molecule has 0 bridgehead atoms. The van der Waals surface area contributed by atoms with Gasteiger partial charge in [0.25, 0.3) is 5.91 Å². The van der Waals surface area contributed by atoms with Crippen LogP contribution >= 0.6 is 0 Å². The summed E-state index contributed by atoms with van der Waals surface area (Å²) in [7, 11) is 0. The molecule has 1 amide bonds. The first-order chi connectivity index (χ1) is 15.9. The second-order valence-electron chi connectivity index (χ2n) is 10.2. The van der Waals surface area contributed by atoms with Gasteiger partial charge in [0.15, 0.2) is 0 Å². The van der Waals surface area contributed by atoms with Crippen LogP contribution in [0.1, 0.15) is 75.1 Å². The average molecular weight is 474 g/mol. The second-order valence-corrected chi connectivity index (χ2v) is 10.2. The van der Waals surface area contributed by atoms with Gasteiger partial charge < -0.3 is 10.1 Å². The molecule has 6 heteroatoms. The van der Waals surface area contributed by atoms with Gasteiger partial charge in [0.05, 0.1) is 5.56 Å². The van der Waals surface area contributed by atoms with E-state index in [2.05, 4.69) is 46.9 Å². The van der Waals surface area contributed by atoms with E-state index >= 15 is 0 Å². The Morgan fingerprint density at radius 2 is 1.32 bits per heavy atom. The number of hydrogen-bond donors (Lipinski definition) is 1. The minimum atomic E-state index is -0.538. The maximum Gasteiger partial charge on any atom is 0.338 e. The zero-order valence-corrected chi connectivity index (χ0v) is 21.0. The van der Waals surface area contributed by atoms with E-state index in [-0.39, 0.29) is 29.2 Å². The molecule has 0 saturated carbocycles. The number of halogens is 2. The van der Waals surface area contributed by atoms with E-state index in [4.69, 9.17) is 4.74 Å². The van der Waals surface area contributed by atoms with Gasteiger partial charge in [0.1, 0.15) is 17.7 Å². The highest BCUT2D eigenvalue weighted by Gasteiger charge is 2.45. The number of rotatable bonds is 11. The smallest absolute Gasteiger partial charge is 0.338 e. The number of ether oxygens (including phenoxy) is 1. The van der Waals surface area contributed by atoms with Crippen LogP contribution in [0.3, 0.4) is 0 Å². The number of esters is 1. The standard InChI is InChI=1S/C28H37F2NO3/c1-18(2)15-25(34-27(33)22-9-13-24(30)14-10-22)28(20(5)6,16-19(3)4)17-31-26(32)21-7-11-23(29)12-8-21/h7-14,18-20,25H,15-17H2,1-6H3,(H,31,32). The molecule has 0 aliphatic rings. The zero-order chi connectivity index (χ0) is 25.5. The third-order valence-corrected chi connectivity index (χ3v) is 6.28. The fraction of sp³-hybridized carbons (Fsp3) is 0.500. The van der Waals surface area contributed by atoms with Crippen molar-refractivity contribution in [2.75, 3.05) is 6.54 Å². The Hall–Kier alpha value is -2.76. The molecule has 0 aliphatic carbocycles. The van der Waals surface area contributed by atoms with E-state index in [0.717, 1.165) is 6.42 Å². The van der Waals surface area contributed by atoms with Gasteiger partial charge in [-0.1, -0.05) is 41.5 Å². The molecule has 34 heavy (non-hydrogen) atoms. The molecule has 1 N–H and O–H groups in total. The lowest BCUT2D eigenvalue weighted by molar-refractivity contribution is -0.0564. The summed E-state index contributed by atoms with van der Waals surface area (Å²) in [5.74, 6) is -1.04. The van der Waals surface area contributed by atoms with Crippen LogP contribution in [-0.4, -0.2) is 24.5 Å². The quantitative estimate of drug-likeness (QED) is 0.372. The van der Waals surface area contributed by atoms with Crippen molar-refractivity contribution >= 4 is 11.9 Å². The molecule has 2 rings (SSSR count). The monoisotopic (exact) mass is 473 g/mol. The molecule has 0 spiro atoms. The average Bonchev–Trinajstić information content (AvgIpc) is 2.76. The van der Waals surface area contributed by atoms with Gasteiger partial charge in [-0.3, -0.25) is 4.79 Å². The van der Waals surface area contributed by atoms with Crippen LogP contribution in [0.15, 0.2) is 48.5 Å². The topological polar surface area (TPSA) is 55.4 Å². The Kier molecular flexibility index (Phi) is 9.77. The lowest BCUT2D eigenvalue weighted by Crippen LogP contribution is -2.51. The molecule has 2 aromatic carbocycles. The SMILES string of the molecule is CC(C)CC(OC(=O)c1ccc(F)cc1)C(CNC(=O)c1ccc(F)cc1)(CC(C)C)C(C)C. The highest BCUT2D eigenvalue weighted by Crippen LogP contribution is 2.42. The molecule has 0 saturated heterocycles. The van der Waals surface area contributed by atoms with E-state index < -0.39 is 29.1 Å². The van der Waals surface area contributed by atoms with Gasteiger partial charge in [0.2, 0.25) is 0 Å². The maximum absolute atomic E-state index is 13.3. The molecular weight excluding hydrogens is 436 g/mol. The number of amides is 1. The molecule has 0 fully saturated rings. The largest absolute Gasteiger partial charge is 0.458 e. The minimum absolute atomic E-state index is 0.0770. The fourth-order valence-corrected chi connectivity index (χ4v) is 4.45. The third kappa shape index (κ3) is 7.37. The number of carbonyl (C=O) groups excluding carboxylic acids is 2. The Morgan fingerprint density at radius 1 is 0.824 bits per heavy atom. The van der Waals surface area contributed by atoms with Crippen molar-refractivity contribution in [3.63, 3.8) is 0 Å². The lowest BCUT2D eigenvalue weighted by Gasteiger charge is -2.45. The number of hydrogen-bond acceptors (Lipinski definition) is 3. The lowest BCUT2D eigenvalue weighted by atomic mass is 9.65. The van der Waals surface area contributed by atoms with Crippen LogP contribution in [0.2, 0.25) is 0 Å². The van der Waals surface area contributed by atoms with E-state index in [1.165, 1.54) is 48.5 Å². The number of benzene rings is 2. The van der Waals surface area contributed by atoms with Crippen molar-refractivity contribution in [3.05, 3.63) is 71.3 Å². The summed E-state index contributed by atoms with van der Waals surface area (Å²) in [5.41, 5.74) is 0.115. The molecular formula is C28H37F2NO3. The van der Waals surface area contributed by atoms with Gasteiger partial charge in [0, 0.05) is 17.5 Å². The van der Waals surface area contributed by atoms with E-state index in [9.17, 15) is 18.4 Å². The molecule has 2 unspecified atom stereocenters. The maximum atomic E-state index is 13.3. The minimum Gasteiger partial charge on any atom is -0.458 e. The van der Waals surface area contributed by atoms with Crippen LogP contribution in [0.25, 0.3) is 0 Å². The van der Waals surface area contributed by atoms with E-state index in [1.54, 1.807) is 0 Å². The second kappa shape index (κ2) is 12.1. The van der Waals surface area contributed by atoms with Crippen molar-refractivity contribution < 1.29 is 23.1 Å². The highest BCUT2D eigenvalue weighted by molar-refractivity contribution is 5.94. The van der Waals surface area contributed by atoms with Crippen LogP contribution in [0, 0.1) is 34.8 Å². The van der Waals surface area contributed by atoms with Crippen molar-refractivity contribution in [2.24, 2.45) is 23.2 Å². The first-order valence-electron chi connectivity index (χ1n) is 11.9. The van der Waals surface area contributed by atoms with Gasteiger partial charge >= 0.3 is 5.97 Å². The number of carbonyl (C=O) groups is 2. The Morgan fingerprint density at radius 3 is 1.76 bits per heavy atom. The van der Waals surface area contributed by atoms with Crippen LogP contribution < -0.4 is 5.32 Å². The van der Waals surface area contributed by atoms with Gasteiger partial charge in [-0.25, -0.2) is 13.6 Å². The summed E-state index contributed by atoms with van der Waals surface area (Å²) in [5, 5.41) is 3.02. The van der Waals surface area contributed by atoms with Crippen molar-refractivity contribution in [3.8, 4) is 0 Å². The van der Waals surface area contributed by atoms with Crippen LogP contribution in [0.5, 0.6) is 0 Å².